The van der Waals surface area contributed by atoms with Crippen LogP contribution in [0, 0.1) is 0 Å². The third-order valence-corrected chi connectivity index (χ3v) is 3.85. The molecule has 0 saturated heterocycles. The topological polar surface area (TPSA) is 0 Å². The molecule has 6 heteroatoms. The molecule has 0 aliphatic heterocycles. The summed E-state index contributed by atoms with van der Waals surface area (Å²) in [4.78, 5) is -1.81. The number of unbranched alkanes of at least 4 members (excludes halogenated alkanes) is 3. The molecule has 0 aromatic heterocycles. The highest BCUT2D eigenvalue weighted by atomic mass is 32.5. The van der Waals surface area contributed by atoms with Crippen LogP contribution in [0.15, 0.2) is 29.2 Å². The van der Waals surface area contributed by atoms with E-state index in [-0.39, 0.29) is 0 Å². The van der Waals surface area contributed by atoms with E-state index in [2.05, 4.69) is 6.92 Å². The Labute approximate surface area is 104 Å². The molecule has 1 aromatic carbocycles. The molecular formula is C12H17F5S. The molecular weight excluding hydrogens is 271 g/mol. The van der Waals surface area contributed by atoms with Crippen molar-refractivity contribution in [2.45, 2.75) is 43.9 Å². The van der Waals surface area contributed by atoms with E-state index >= 15 is 0 Å². The largest absolute Gasteiger partial charge is 0.310 e. The fourth-order valence-corrected chi connectivity index (χ4v) is 2.32. The van der Waals surface area contributed by atoms with Gasteiger partial charge in [-0.2, -0.15) is 0 Å². The Morgan fingerprint density at radius 2 is 1.39 bits per heavy atom. The average molecular weight is 288 g/mol. The average Bonchev–Trinajstić information content (AvgIpc) is 2.22. The Bertz CT molecular complexity index is 392. The molecule has 0 N–H and O–H groups in total. The molecule has 0 atom stereocenters. The molecule has 0 amide bonds. The van der Waals surface area contributed by atoms with E-state index in [9.17, 15) is 19.4 Å². The van der Waals surface area contributed by atoms with Crippen LogP contribution < -0.4 is 0 Å². The molecule has 0 spiro atoms. The second kappa shape index (κ2) is 4.40. The lowest BCUT2D eigenvalue weighted by molar-refractivity contribution is 0.364. The molecule has 1 aromatic rings. The maximum absolute atomic E-state index is 12.4. The first-order valence-electron chi connectivity index (χ1n) is 5.86. The van der Waals surface area contributed by atoms with Crippen molar-refractivity contribution in [1.82, 2.24) is 0 Å². The molecule has 0 heterocycles. The molecule has 18 heavy (non-hydrogen) atoms. The number of halogens is 5. The van der Waals surface area contributed by atoms with E-state index < -0.39 is 15.1 Å². The minimum Gasteiger partial charge on any atom is -0.0936 e. The van der Waals surface area contributed by atoms with Gasteiger partial charge in [-0.05, 0) is 30.5 Å². The minimum absolute atomic E-state index is 0.483. The lowest BCUT2D eigenvalue weighted by atomic mass is 10.1. The zero-order valence-corrected chi connectivity index (χ0v) is 11.0. The van der Waals surface area contributed by atoms with Crippen molar-refractivity contribution in [2.24, 2.45) is 0 Å². The molecule has 0 aliphatic carbocycles. The van der Waals surface area contributed by atoms with Gasteiger partial charge in [0.25, 0.3) is 0 Å². The molecule has 106 valence electrons. The van der Waals surface area contributed by atoms with Crippen LogP contribution in [0.4, 0.5) is 19.4 Å². The smallest absolute Gasteiger partial charge is 0.0936 e. The van der Waals surface area contributed by atoms with Crippen molar-refractivity contribution in [3.05, 3.63) is 29.8 Å². The third-order valence-electron chi connectivity index (χ3n) is 2.69. The van der Waals surface area contributed by atoms with Crippen molar-refractivity contribution in [3.8, 4) is 0 Å². The predicted molar refractivity (Wildman–Crippen MR) is 65.7 cm³/mol. The molecule has 0 bridgehead atoms. The quantitative estimate of drug-likeness (QED) is 0.416. The lowest BCUT2D eigenvalue weighted by Gasteiger charge is -2.40. The Morgan fingerprint density at radius 3 is 1.83 bits per heavy atom. The monoisotopic (exact) mass is 288 g/mol. The normalized spacial score (nSPS) is 16.1. The van der Waals surface area contributed by atoms with Crippen molar-refractivity contribution >= 4 is 10.2 Å². The maximum Gasteiger partial charge on any atom is 0.310 e. The van der Waals surface area contributed by atoms with Gasteiger partial charge in [0.05, 0.1) is 0 Å². The standard InChI is InChI=1S/C12H17F5S/c1-2-3-4-5-6-11-7-9-12(10-8-11)18(13,14,15,16)17/h7-10H,2-6H2,1H3. The number of rotatable bonds is 6. The van der Waals surface area contributed by atoms with Gasteiger partial charge in [0.2, 0.25) is 0 Å². The van der Waals surface area contributed by atoms with E-state index in [1.807, 2.05) is 0 Å². The highest BCUT2D eigenvalue weighted by molar-refractivity contribution is 8.45. The summed E-state index contributed by atoms with van der Waals surface area (Å²) in [6, 6.07) is 3.24. The Kier molecular flexibility index (Phi) is 3.74. The van der Waals surface area contributed by atoms with E-state index in [1.54, 1.807) is 0 Å². The second-order valence-corrected chi connectivity index (χ2v) is 6.83. The van der Waals surface area contributed by atoms with Crippen LogP contribution in [-0.2, 0) is 6.42 Å². The van der Waals surface area contributed by atoms with Crippen LogP contribution in [0.5, 0.6) is 0 Å². The number of hydrogen-bond donors (Lipinski definition) is 0. The van der Waals surface area contributed by atoms with Gasteiger partial charge in [0, 0.05) is 0 Å². The highest BCUT2D eigenvalue weighted by Crippen LogP contribution is 3.02. The summed E-state index contributed by atoms with van der Waals surface area (Å²) in [6.45, 7) is 2.06. The minimum atomic E-state index is -9.50. The Morgan fingerprint density at radius 1 is 0.833 bits per heavy atom. The number of aryl methyl sites for hydroxylation is 1. The molecule has 0 fully saturated rings. The molecule has 0 radical (unpaired) electrons. The fraction of sp³-hybridized carbons (Fsp3) is 0.500. The third kappa shape index (κ3) is 4.84. The zero-order chi connectivity index (χ0) is 13.9. The summed E-state index contributed by atoms with van der Waals surface area (Å²) in [7, 11) is -9.50. The molecule has 0 nitrogen and oxygen atoms in total. The summed E-state index contributed by atoms with van der Waals surface area (Å²) in [6.07, 6.45) is 4.64. The number of hydrogen-bond acceptors (Lipinski definition) is 0. The van der Waals surface area contributed by atoms with Gasteiger partial charge in [-0.25, -0.2) is 0 Å². The van der Waals surface area contributed by atoms with Gasteiger partial charge in [0.15, 0.2) is 0 Å². The highest BCUT2D eigenvalue weighted by Gasteiger charge is 2.65. The van der Waals surface area contributed by atoms with Crippen LogP contribution in [0.1, 0.15) is 38.2 Å². The van der Waals surface area contributed by atoms with Gasteiger partial charge < -0.3 is 0 Å². The first-order valence-corrected chi connectivity index (χ1v) is 7.81. The molecule has 0 saturated carbocycles. The van der Waals surface area contributed by atoms with E-state index in [0.717, 1.165) is 37.8 Å². The van der Waals surface area contributed by atoms with Crippen LogP contribution >= 0.6 is 10.2 Å². The first-order chi connectivity index (χ1) is 8.03. The maximum atomic E-state index is 12.4. The predicted octanol–water partition coefficient (Wildman–Crippen LogP) is 6.47. The van der Waals surface area contributed by atoms with Crippen LogP contribution in [0.3, 0.4) is 0 Å². The molecule has 0 unspecified atom stereocenters. The van der Waals surface area contributed by atoms with Crippen LogP contribution in [-0.4, -0.2) is 0 Å². The zero-order valence-electron chi connectivity index (χ0n) is 10.1. The van der Waals surface area contributed by atoms with Crippen molar-refractivity contribution in [1.29, 1.82) is 0 Å². The van der Waals surface area contributed by atoms with E-state index in [1.165, 1.54) is 0 Å². The SMILES string of the molecule is CCCCCCc1ccc(S(F)(F)(F)(F)F)cc1. The number of benzene rings is 1. The molecule has 1 rings (SSSR count). The van der Waals surface area contributed by atoms with E-state index in [4.69, 9.17) is 0 Å². The second-order valence-electron chi connectivity index (χ2n) is 4.42. The van der Waals surface area contributed by atoms with Gasteiger partial charge in [0.1, 0.15) is 4.90 Å². The van der Waals surface area contributed by atoms with Gasteiger partial charge in [-0.1, -0.05) is 57.7 Å². The first kappa shape index (κ1) is 15.3. The van der Waals surface area contributed by atoms with Crippen molar-refractivity contribution < 1.29 is 19.4 Å². The summed E-state index contributed by atoms with van der Waals surface area (Å²) < 4.78 is 62.2. The Hall–Kier alpha value is -0.780. The molecule has 0 aliphatic rings. The van der Waals surface area contributed by atoms with Gasteiger partial charge in [-0.3, -0.25) is 0 Å². The van der Waals surface area contributed by atoms with Gasteiger partial charge >= 0.3 is 10.2 Å². The van der Waals surface area contributed by atoms with Gasteiger partial charge in [-0.15, -0.1) is 0 Å². The fourth-order valence-electron chi connectivity index (χ4n) is 1.67. The summed E-state index contributed by atoms with van der Waals surface area (Å²) >= 11 is 0. The Balaban J connectivity index is 2.70. The lowest BCUT2D eigenvalue weighted by Crippen LogP contribution is -2.05. The van der Waals surface area contributed by atoms with Crippen molar-refractivity contribution in [2.75, 3.05) is 0 Å². The summed E-state index contributed by atoms with van der Waals surface area (Å²) in [5, 5.41) is 0. The van der Waals surface area contributed by atoms with Crippen LogP contribution in [0.2, 0.25) is 0 Å². The van der Waals surface area contributed by atoms with Crippen molar-refractivity contribution in [3.63, 3.8) is 0 Å². The summed E-state index contributed by atoms with van der Waals surface area (Å²) in [5.41, 5.74) is 0.664. The van der Waals surface area contributed by atoms with E-state index in [0.29, 0.717) is 24.1 Å². The van der Waals surface area contributed by atoms with Crippen LogP contribution in [0.25, 0.3) is 0 Å². The summed E-state index contributed by atoms with van der Waals surface area (Å²) in [5.74, 6) is 0.